The first-order chi connectivity index (χ1) is 13.3. The quantitative estimate of drug-likeness (QED) is 0.339. The molecule has 1 aromatic heterocycles. The van der Waals surface area contributed by atoms with Crippen molar-refractivity contribution < 1.29 is 0 Å². The molecule has 0 amide bonds. The van der Waals surface area contributed by atoms with Crippen molar-refractivity contribution in [3.05, 3.63) is 102 Å². The summed E-state index contributed by atoms with van der Waals surface area (Å²) >= 11 is 0. The third-order valence-electron chi connectivity index (χ3n) is 4.70. The molecule has 0 aliphatic heterocycles. The van der Waals surface area contributed by atoms with Crippen molar-refractivity contribution in [2.75, 3.05) is 0 Å². The van der Waals surface area contributed by atoms with Crippen molar-refractivity contribution in [1.29, 1.82) is 0 Å². The molecule has 3 heteroatoms. The number of amidine groups is 1. The van der Waals surface area contributed by atoms with E-state index in [-0.39, 0.29) is 0 Å². The van der Waals surface area contributed by atoms with Gasteiger partial charge in [0, 0.05) is 22.8 Å². The molecule has 0 radical (unpaired) electrons. The van der Waals surface area contributed by atoms with E-state index in [1.165, 1.54) is 16.5 Å². The number of para-hydroxylation sites is 1. The Morgan fingerprint density at radius 2 is 1.70 bits per heavy atom. The van der Waals surface area contributed by atoms with Gasteiger partial charge < -0.3 is 4.57 Å². The van der Waals surface area contributed by atoms with Crippen LogP contribution < -0.4 is 0 Å². The number of benzene rings is 3. The summed E-state index contributed by atoms with van der Waals surface area (Å²) in [6.07, 6.45) is 2.17. The van der Waals surface area contributed by atoms with Gasteiger partial charge in [0.15, 0.2) is 5.84 Å². The molecule has 0 N–H and O–H groups in total. The highest BCUT2D eigenvalue weighted by atomic mass is 15.0. The van der Waals surface area contributed by atoms with Crippen molar-refractivity contribution in [2.24, 2.45) is 9.98 Å². The Kier molecular flexibility index (Phi) is 4.67. The lowest BCUT2D eigenvalue weighted by molar-refractivity contribution is 1.06. The van der Waals surface area contributed by atoms with Crippen LogP contribution in [0.4, 0.5) is 0 Å². The Hall–Kier alpha value is -3.46. The van der Waals surface area contributed by atoms with E-state index in [2.05, 4.69) is 82.9 Å². The van der Waals surface area contributed by atoms with Gasteiger partial charge in [0.05, 0.1) is 12.1 Å². The average molecular weight is 351 g/mol. The number of hydrogen-bond donors (Lipinski definition) is 0. The maximum Gasteiger partial charge on any atom is 0.154 e. The fraction of sp³-hybridized carbons (Fsp3) is 0.0833. The summed E-state index contributed by atoms with van der Waals surface area (Å²) in [6.45, 7) is 6.45. The summed E-state index contributed by atoms with van der Waals surface area (Å²) < 4.78 is 2.21. The zero-order valence-corrected chi connectivity index (χ0v) is 15.3. The third kappa shape index (κ3) is 3.44. The molecule has 1 heterocycles. The molecule has 132 valence electrons. The summed E-state index contributed by atoms with van der Waals surface area (Å²) in [6, 6.07) is 26.9. The molecule has 0 saturated heterocycles. The predicted molar refractivity (Wildman–Crippen MR) is 114 cm³/mol. The van der Waals surface area contributed by atoms with Crippen LogP contribution in [0.5, 0.6) is 0 Å². The molecule has 3 nitrogen and oxygen atoms in total. The average Bonchev–Trinajstić information content (AvgIpc) is 3.07. The van der Waals surface area contributed by atoms with Gasteiger partial charge in [-0.2, -0.15) is 0 Å². The van der Waals surface area contributed by atoms with Crippen LogP contribution in [0, 0.1) is 6.92 Å². The number of nitrogens with zero attached hydrogens (tertiary/aromatic N) is 3. The number of fused-ring (bicyclic) bond motifs is 1. The van der Waals surface area contributed by atoms with Crippen LogP contribution in [0.3, 0.4) is 0 Å². The molecule has 3 aromatic carbocycles. The molecule has 0 spiro atoms. The second-order valence-corrected chi connectivity index (χ2v) is 6.53. The first-order valence-electron chi connectivity index (χ1n) is 8.99. The van der Waals surface area contributed by atoms with Crippen LogP contribution >= 0.6 is 0 Å². The van der Waals surface area contributed by atoms with Gasteiger partial charge in [-0.1, -0.05) is 60.7 Å². The van der Waals surface area contributed by atoms with Gasteiger partial charge >= 0.3 is 0 Å². The van der Waals surface area contributed by atoms with Gasteiger partial charge in [0.1, 0.15) is 0 Å². The van der Waals surface area contributed by atoms with E-state index in [0.29, 0.717) is 12.4 Å². The topological polar surface area (TPSA) is 29.6 Å². The van der Waals surface area contributed by atoms with Crippen LogP contribution in [-0.4, -0.2) is 17.1 Å². The van der Waals surface area contributed by atoms with E-state index in [1.54, 1.807) is 0 Å². The molecule has 4 aromatic rings. The van der Waals surface area contributed by atoms with E-state index in [0.717, 1.165) is 16.8 Å². The summed E-state index contributed by atoms with van der Waals surface area (Å²) in [7, 11) is 0. The predicted octanol–water partition coefficient (Wildman–Crippen LogP) is 5.59. The summed E-state index contributed by atoms with van der Waals surface area (Å²) in [5, 5.41) is 1.27. The largest absolute Gasteiger partial charge is 0.316 e. The van der Waals surface area contributed by atoms with E-state index in [1.807, 2.05) is 30.3 Å². The fourth-order valence-corrected chi connectivity index (χ4v) is 3.34. The minimum Gasteiger partial charge on any atom is -0.316 e. The highest BCUT2D eigenvalue weighted by Gasteiger charge is 2.08. The SMILES string of the molecule is C=NC(=NCc1ccccc1)c1cccc(-n2cc(C)c3ccccc32)c1. The van der Waals surface area contributed by atoms with Gasteiger partial charge in [-0.3, -0.25) is 4.99 Å². The molecular formula is C24H21N3. The molecule has 27 heavy (non-hydrogen) atoms. The van der Waals surface area contributed by atoms with Crippen LogP contribution in [-0.2, 0) is 6.54 Å². The van der Waals surface area contributed by atoms with Crippen LogP contribution in [0.2, 0.25) is 0 Å². The molecule has 0 bridgehead atoms. The van der Waals surface area contributed by atoms with Crippen molar-refractivity contribution in [2.45, 2.75) is 13.5 Å². The van der Waals surface area contributed by atoms with E-state index < -0.39 is 0 Å². The molecule has 0 atom stereocenters. The molecular weight excluding hydrogens is 330 g/mol. The third-order valence-corrected chi connectivity index (χ3v) is 4.70. The minimum absolute atomic E-state index is 0.588. The van der Waals surface area contributed by atoms with Gasteiger partial charge in [0.2, 0.25) is 0 Å². The molecule has 0 unspecified atom stereocenters. The van der Waals surface area contributed by atoms with Gasteiger partial charge in [-0.25, -0.2) is 4.99 Å². The normalized spacial score (nSPS) is 11.7. The number of rotatable bonds is 4. The van der Waals surface area contributed by atoms with Crippen molar-refractivity contribution in [1.82, 2.24) is 4.57 Å². The smallest absolute Gasteiger partial charge is 0.154 e. The highest BCUT2D eigenvalue weighted by Crippen LogP contribution is 2.24. The summed E-state index contributed by atoms with van der Waals surface area (Å²) in [4.78, 5) is 8.83. The molecule has 0 fully saturated rings. The highest BCUT2D eigenvalue weighted by molar-refractivity contribution is 6.02. The maximum absolute atomic E-state index is 4.66. The van der Waals surface area contributed by atoms with E-state index >= 15 is 0 Å². The van der Waals surface area contributed by atoms with E-state index in [9.17, 15) is 0 Å². The zero-order chi connectivity index (χ0) is 18.6. The second-order valence-electron chi connectivity index (χ2n) is 6.53. The van der Waals surface area contributed by atoms with Gasteiger partial charge in [0.25, 0.3) is 0 Å². The lowest BCUT2D eigenvalue weighted by atomic mass is 10.1. The standard InChI is InChI=1S/C24H21N3/c1-18-17-27(23-14-7-6-13-22(18)23)21-12-8-11-20(15-21)24(25-2)26-16-19-9-4-3-5-10-19/h3-15,17H,2,16H2,1H3. The van der Waals surface area contributed by atoms with Crippen molar-refractivity contribution in [3.8, 4) is 5.69 Å². The first kappa shape index (κ1) is 17.0. The Morgan fingerprint density at radius 1 is 0.926 bits per heavy atom. The number of aryl methyl sites for hydroxylation is 1. The van der Waals surface area contributed by atoms with Crippen LogP contribution in [0.25, 0.3) is 16.6 Å². The second kappa shape index (κ2) is 7.42. The minimum atomic E-state index is 0.588. The maximum atomic E-state index is 4.66. The van der Waals surface area contributed by atoms with Crippen molar-refractivity contribution >= 4 is 23.5 Å². The molecule has 0 aliphatic rings. The molecule has 0 aliphatic carbocycles. The van der Waals surface area contributed by atoms with Gasteiger partial charge in [-0.05, 0) is 43.0 Å². The Labute approximate surface area is 159 Å². The van der Waals surface area contributed by atoms with Crippen molar-refractivity contribution in [3.63, 3.8) is 0 Å². The first-order valence-corrected chi connectivity index (χ1v) is 8.99. The van der Waals surface area contributed by atoms with Crippen LogP contribution in [0.1, 0.15) is 16.7 Å². The Bertz CT molecular complexity index is 1120. The zero-order valence-electron chi connectivity index (χ0n) is 15.3. The van der Waals surface area contributed by atoms with Crippen LogP contribution in [0.15, 0.2) is 95.0 Å². The lowest BCUT2D eigenvalue weighted by Gasteiger charge is -2.08. The van der Waals surface area contributed by atoms with Gasteiger partial charge in [-0.15, -0.1) is 0 Å². The van der Waals surface area contributed by atoms with E-state index in [4.69, 9.17) is 0 Å². The monoisotopic (exact) mass is 351 g/mol. The Morgan fingerprint density at radius 3 is 2.52 bits per heavy atom. The molecule has 4 rings (SSSR count). The number of aliphatic imine (C=N–C) groups is 2. The molecule has 0 saturated carbocycles. The summed E-state index contributed by atoms with van der Waals surface area (Å²) in [5.74, 6) is 0.661. The Balaban J connectivity index is 1.72. The number of aromatic nitrogens is 1. The fourth-order valence-electron chi connectivity index (χ4n) is 3.34. The lowest BCUT2D eigenvalue weighted by Crippen LogP contribution is -2.00. The number of hydrogen-bond acceptors (Lipinski definition) is 1. The summed E-state index contributed by atoms with van der Waals surface area (Å²) in [5.41, 5.74) is 5.67.